The summed E-state index contributed by atoms with van der Waals surface area (Å²) in [5, 5.41) is 3.31. The summed E-state index contributed by atoms with van der Waals surface area (Å²) >= 11 is 5.67. The van der Waals surface area contributed by atoms with Crippen molar-refractivity contribution < 1.29 is 9.18 Å². The lowest BCUT2D eigenvalue weighted by molar-refractivity contribution is 0.0784. The Morgan fingerprint density at radius 2 is 2.39 bits per heavy atom. The van der Waals surface area contributed by atoms with Crippen molar-refractivity contribution in [3.05, 3.63) is 34.6 Å². The van der Waals surface area contributed by atoms with E-state index in [2.05, 4.69) is 5.32 Å². The Hall–Kier alpha value is -1.13. The molecule has 0 saturated carbocycles. The van der Waals surface area contributed by atoms with E-state index in [1.165, 1.54) is 18.2 Å². The van der Waals surface area contributed by atoms with Gasteiger partial charge in [-0.05, 0) is 37.6 Å². The molecule has 2 rings (SSSR count). The molecule has 1 fully saturated rings. The van der Waals surface area contributed by atoms with Crippen molar-refractivity contribution in [2.75, 3.05) is 20.1 Å². The molecule has 1 aliphatic heterocycles. The van der Waals surface area contributed by atoms with Crippen LogP contribution in [-0.4, -0.2) is 37.0 Å². The molecule has 0 spiro atoms. The number of benzene rings is 1. The number of hydrogen-bond acceptors (Lipinski definition) is 2. The Morgan fingerprint density at radius 3 is 3.00 bits per heavy atom. The average Bonchev–Trinajstić information content (AvgIpc) is 2.84. The molecule has 1 N–H and O–H groups in total. The Balaban J connectivity index is 2.02. The lowest BCUT2D eigenvalue weighted by Crippen LogP contribution is -2.38. The van der Waals surface area contributed by atoms with Crippen LogP contribution in [-0.2, 0) is 0 Å². The average molecular weight is 271 g/mol. The van der Waals surface area contributed by atoms with Gasteiger partial charge in [0.15, 0.2) is 0 Å². The van der Waals surface area contributed by atoms with Crippen molar-refractivity contribution in [3.8, 4) is 0 Å². The highest BCUT2D eigenvalue weighted by atomic mass is 35.5. The van der Waals surface area contributed by atoms with Crippen LogP contribution in [0.15, 0.2) is 18.2 Å². The molecule has 1 aliphatic rings. The Kier molecular flexibility index (Phi) is 4.19. The van der Waals surface area contributed by atoms with Gasteiger partial charge >= 0.3 is 0 Å². The molecule has 98 valence electrons. The molecular formula is C13H16ClFN2O. The maximum atomic E-state index is 13.0. The van der Waals surface area contributed by atoms with Crippen LogP contribution in [0.5, 0.6) is 0 Å². The fourth-order valence-electron chi connectivity index (χ4n) is 2.18. The summed E-state index contributed by atoms with van der Waals surface area (Å²) in [5.74, 6) is -0.640. The van der Waals surface area contributed by atoms with Gasteiger partial charge in [0.05, 0.1) is 5.02 Å². The summed E-state index contributed by atoms with van der Waals surface area (Å²) in [6.07, 6.45) is 2.23. The third kappa shape index (κ3) is 3.00. The highest BCUT2D eigenvalue weighted by Crippen LogP contribution is 2.17. The fourth-order valence-corrected chi connectivity index (χ4v) is 2.36. The Morgan fingerprint density at radius 1 is 1.61 bits per heavy atom. The van der Waals surface area contributed by atoms with Crippen molar-refractivity contribution in [2.45, 2.75) is 18.9 Å². The summed E-state index contributed by atoms with van der Waals surface area (Å²) < 4.78 is 13.0. The predicted octanol–water partition coefficient (Wildman–Crippen LogP) is 2.30. The highest BCUT2D eigenvalue weighted by Gasteiger charge is 2.20. The molecule has 1 saturated heterocycles. The number of likely N-dealkylation sites (N-methyl/N-ethyl adjacent to an activating group) is 1. The van der Waals surface area contributed by atoms with Crippen LogP contribution in [0.1, 0.15) is 23.2 Å². The number of hydrogen-bond donors (Lipinski definition) is 1. The van der Waals surface area contributed by atoms with E-state index >= 15 is 0 Å². The van der Waals surface area contributed by atoms with Gasteiger partial charge in [0.25, 0.3) is 5.91 Å². The van der Waals surface area contributed by atoms with Crippen molar-refractivity contribution in [1.82, 2.24) is 10.2 Å². The van der Waals surface area contributed by atoms with Gasteiger partial charge in [-0.25, -0.2) is 4.39 Å². The maximum absolute atomic E-state index is 13.0. The van der Waals surface area contributed by atoms with E-state index in [0.29, 0.717) is 18.2 Å². The molecule has 1 aromatic carbocycles. The zero-order valence-electron chi connectivity index (χ0n) is 10.2. The summed E-state index contributed by atoms with van der Waals surface area (Å²) in [5.41, 5.74) is 0.418. The molecule has 1 unspecified atom stereocenters. The van der Waals surface area contributed by atoms with E-state index in [-0.39, 0.29) is 10.9 Å². The first kappa shape index (κ1) is 13.3. The quantitative estimate of drug-likeness (QED) is 0.914. The Labute approximate surface area is 111 Å². The summed E-state index contributed by atoms with van der Waals surface area (Å²) in [4.78, 5) is 13.8. The second-order valence-electron chi connectivity index (χ2n) is 4.61. The molecular weight excluding hydrogens is 255 g/mol. The standard InChI is InChI=1S/C13H16ClFN2O/c1-17(8-10-3-2-6-16-10)13(18)9-4-5-12(15)11(14)7-9/h4-5,7,10,16H,2-3,6,8H2,1H3. The second-order valence-corrected chi connectivity index (χ2v) is 5.02. The number of carbonyl (C=O) groups is 1. The zero-order chi connectivity index (χ0) is 13.1. The van der Waals surface area contributed by atoms with E-state index in [4.69, 9.17) is 11.6 Å². The Bertz CT molecular complexity index is 447. The van der Waals surface area contributed by atoms with Gasteiger partial charge < -0.3 is 10.2 Å². The lowest BCUT2D eigenvalue weighted by atomic mass is 10.1. The summed E-state index contributed by atoms with van der Waals surface area (Å²) in [6.45, 7) is 1.67. The molecule has 0 aromatic heterocycles. The first-order chi connectivity index (χ1) is 8.58. The normalized spacial score (nSPS) is 18.9. The predicted molar refractivity (Wildman–Crippen MR) is 69.4 cm³/mol. The smallest absolute Gasteiger partial charge is 0.253 e. The number of nitrogens with zero attached hydrogens (tertiary/aromatic N) is 1. The third-order valence-corrected chi connectivity index (χ3v) is 3.46. The molecule has 0 radical (unpaired) electrons. The SMILES string of the molecule is CN(CC1CCCN1)C(=O)c1ccc(F)c(Cl)c1. The minimum absolute atomic E-state index is 0.0201. The van der Waals surface area contributed by atoms with Gasteiger partial charge in [0, 0.05) is 25.2 Å². The van der Waals surface area contributed by atoms with E-state index in [0.717, 1.165) is 19.4 Å². The summed E-state index contributed by atoms with van der Waals surface area (Å²) in [6, 6.07) is 4.41. The molecule has 18 heavy (non-hydrogen) atoms. The van der Waals surface area contributed by atoms with E-state index in [1.807, 2.05) is 0 Å². The van der Waals surface area contributed by atoms with Crippen molar-refractivity contribution in [3.63, 3.8) is 0 Å². The summed E-state index contributed by atoms with van der Waals surface area (Å²) in [7, 11) is 1.75. The van der Waals surface area contributed by atoms with E-state index < -0.39 is 5.82 Å². The topological polar surface area (TPSA) is 32.3 Å². The number of amides is 1. The van der Waals surface area contributed by atoms with Gasteiger partial charge in [0.1, 0.15) is 5.82 Å². The number of halogens is 2. The van der Waals surface area contributed by atoms with Crippen molar-refractivity contribution in [2.24, 2.45) is 0 Å². The van der Waals surface area contributed by atoms with Crippen LogP contribution in [0.4, 0.5) is 4.39 Å². The molecule has 5 heteroatoms. The van der Waals surface area contributed by atoms with Crippen molar-refractivity contribution in [1.29, 1.82) is 0 Å². The number of carbonyl (C=O) groups excluding carboxylic acids is 1. The van der Waals surface area contributed by atoms with Crippen LogP contribution >= 0.6 is 11.6 Å². The van der Waals surface area contributed by atoms with Gasteiger partial charge in [-0.3, -0.25) is 4.79 Å². The molecule has 1 aromatic rings. The van der Waals surface area contributed by atoms with Gasteiger partial charge in [-0.1, -0.05) is 11.6 Å². The number of nitrogens with one attached hydrogen (secondary N) is 1. The minimum atomic E-state index is -0.506. The van der Waals surface area contributed by atoms with Crippen LogP contribution in [0.2, 0.25) is 5.02 Å². The van der Waals surface area contributed by atoms with Crippen molar-refractivity contribution >= 4 is 17.5 Å². The first-order valence-electron chi connectivity index (χ1n) is 6.02. The lowest BCUT2D eigenvalue weighted by Gasteiger charge is -2.21. The highest BCUT2D eigenvalue weighted by molar-refractivity contribution is 6.31. The fraction of sp³-hybridized carbons (Fsp3) is 0.462. The molecule has 0 aliphatic carbocycles. The second kappa shape index (κ2) is 5.67. The van der Waals surface area contributed by atoms with Crippen LogP contribution in [0.25, 0.3) is 0 Å². The van der Waals surface area contributed by atoms with E-state index in [9.17, 15) is 9.18 Å². The van der Waals surface area contributed by atoms with Gasteiger partial charge in [-0.2, -0.15) is 0 Å². The van der Waals surface area contributed by atoms with Crippen LogP contribution < -0.4 is 5.32 Å². The third-order valence-electron chi connectivity index (χ3n) is 3.17. The van der Waals surface area contributed by atoms with E-state index in [1.54, 1.807) is 11.9 Å². The van der Waals surface area contributed by atoms with Crippen LogP contribution in [0, 0.1) is 5.82 Å². The monoisotopic (exact) mass is 270 g/mol. The van der Waals surface area contributed by atoms with Gasteiger partial charge in [0.2, 0.25) is 0 Å². The zero-order valence-corrected chi connectivity index (χ0v) is 11.0. The molecule has 1 atom stereocenters. The first-order valence-corrected chi connectivity index (χ1v) is 6.39. The molecule has 1 heterocycles. The molecule has 3 nitrogen and oxygen atoms in total. The minimum Gasteiger partial charge on any atom is -0.340 e. The molecule has 1 amide bonds. The number of rotatable bonds is 3. The maximum Gasteiger partial charge on any atom is 0.253 e. The van der Waals surface area contributed by atoms with Crippen LogP contribution in [0.3, 0.4) is 0 Å². The molecule has 0 bridgehead atoms. The van der Waals surface area contributed by atoms with Gasteiger partial charge in [-0.15, -0.1) is 0 Å². The largest absolute Gasteiger partial charge is 0.340 e.